The van der Waals surface area contributed by atoms with Gasteiger partial charge in [-0.1, -0.05) is 17.7 Å². The Morgan fingerprint density at radius 2 is 1.96 bits per heavy atom. The summed E-state index contributed by atoms with van der Waals surface area (Å²) in [6, 6.07) is 10.2. The summed E-state index contributed by atoms with van der Waals surface area (Å²) in [7, 11) is 2.11. The van der Waals surface area contributed by atoms with Crippen molar-refractivity contribution in [2.45, 2.75) is 18.9 Å². The lowest BCUT2D eigenvalue weighted by atomic mass is 10.1. The molecule has 25 heavy (non-hydrogen) atoms. The number of hydrogen-bond donors (Lipinski definition) is 2. The number of halogens is 1. The Kier molecular flexibility index (Phi) is 5.73. The van der Waals surface area contributed by atoms with Crippen molar-refractivity contribution in [1.29, 1.82) is 0 Å². The van der Waals surface area contributed by atoms with E-state index in [0.29, 0.717) is 22.3 Å². The Bertz CT molecular complexity index is 715. The molecule has 1 saturated heterocycles. The third-order valence-electron chi connectivity index (χ3n) is 4.03. The van der Waals surface area contributed by atoms with Gasteiger partial charge in [0, 0.05) is 29.9 Å². The smallest absolute Gasteiger partial charge is 0.323 e. The monoisotopic (exact) mass is 360 g/mol. The first-order chi connectivity index (χ1) is 12.1. The molecule has 0 saturated carbocycles. The number of amides is 2. The van der Waals surface area contributed by atoms with Gasteiger partial charge in [-0.2, -0.15) is 0 Å². The predicted molar refractivity (Wildman–Crippen MR) is 99.5 cm³/mol. The maximum absolute atomic E-state index is 12.0. The minimum atomic E-state index is -0.354. The number of nitrogens with zero attached hydrogens (tertiary/aromatic N) is 2. The van der Waals surface area contributed by atoms with E-state index < -0.39 is 0 Å². The molecule has 7 heteroatoms. The third-order valence-corrected chi connectivity index (χ3v) is 4.26. The van der Waals surface area contributed by atoms with Crippen molar-refractivity contribution in [3.05, 3.63) is 47.6 Å². The van der Waals surface area contributed by atoms with Crippen LogP contribution in [0.5, 0.6) is 5.88 Å². The highest BCUT2D eigenvalue weighted by atomic mass is 35.5. The van der Waals surface area contributed by atoms with Gasteiger partial charge in [0.05, 0.1) is 11.9 Å². The molecule has 1 fully saturated rings. The average Bonchev–Trinajstić information content (AvgIpc) is 2.59. The first-order valence-corrected chi connectivity index (χ1v) is 8.61. The normalized spacial score (nSPS) is 15.6. The quantitative estimate of drug-likeness (QED) is 0.869. The van der Waals surface area contributed by atoms with Gasteiger partial charge < -0.3 is 20.3 Å². The molecule has 2 aromatic rings. The fourth-order valence-electron chi connectivity index (χ4n) is 2.66. The van der Waals surface area contributed by atoms with Crippen LogP contribution in [0.1, 0.15) is 12.8 Å². The zero-order valence-electron chi connectivity index (χ0n) is 14.0. The van der Waals surface area contributed by atoms with Gasteiger partial charge in [0.25, 0.3) is 0 Å². The molecule has 0 spiro atoms. The van der Waals surface area contributed by atoms with E-state index in [1.165, 1.54) is 0 Å². The first-order valence-electron chi connectivity index (χ1n) is 8.23. The van der Waals surface area contributed by atoms with Crippen molar-refractivity contribution in [1.82, 2.24) is 9.88 Å². The predicted octanol–water partition coefficient (Wildman–Crippen LogP) is 3.85. The second-order valence-electron chi connectivity index (χ2n) is 6.10. The van der Waals surface area contributed by atoms with E-state index in [9.17, 15) is 4.79 Å². The van der Waals surface area contributed by atoms with Gasteiger partial charge >= 0.3 is 6.03 Å². The SMILES string of the molecule is CN1CCC(Oc2ccc(NC(=O)Nc3cccc(Cl)c3)cn2)CC1. The molecule has 0 unspecified atom stereocenters. The lowest BCUT2D eigenvalue weighted by molar-refractivity contribution is 0.110. The molecular formula is C18H21ClN4O2. The van der Waals surface area contributed by atoms with Crippen LogP contribution >= 0.6 is 11.6 Å². The molecule has 2 amide bonds. The zero-order chi connectivity index (χ0) is 17.6. The van der Waals surface area contributed by atoms with E-state index in [1.54, 1.807) is 42.6 Å². The molecule has 3 rings (SSSR count). The number of anilines is 2. The Morgan fingerprint density at radius 1 is 1.20 bits per heavy atom. The number of pyridine rings is 1. The summed E-state index contributed by atoms with van der Waals surface area (Å²) >= 11 is 5.90. The molecule has 1 aliphatic rings. The standard InChI is InChI=1S/C18H21ClN4O2/c1-23-9-7-16(8-10-23)25-17-6-5-15(12-20-17)22-18(24)21-14-4-2-3-13(19)11-14/h2-6,11-12,16H,7-10H2,1H3,(H2,21,22,24). The molecule has 0 aliphatic carbocycles. The number of ether oxygens (including phenoxy) is 1. The van der Waals surface area contributed by atoms with Crippen molar-refractivity contribution < 1.29 is 9.53 Å². The van der Waals surface area contributed by atoms with Crippen LogP contribution in [0.4, 0.5) is 16.2 Å². The number of aromatic nitrogens is 1. The van der Waals surface area contributed by atoms with Crippen LogP contribution in [0.25, 0.3) is 0 Å². The molecule has 1 aromatic carbocycles. The van der Waals surface area contributed by atoms with Gasteiger partial charge in [0.1, 0.15) is 6.10 Å². The Balaban J connectivity index is 1.51. The largest absolute Gasteiger partial charge is 0.474 e. The first kappa shape index (κ1) is 17.5. The van der Waals surface area contributed by atoms with Crippen molar-refractivity contribution >= 4 is 29.0 Å². The second kappa shape index (κ2) is 8.18. The summed E-state index contributed by atoms with van der Waals surface area (Å²) in [5.74, 6) is 0.579. The number of nitrogens with one attached hydrogen (secondary N) is 2. The van der Waals surface area contributed by atoms with E-state index in [2.05, 4.69) is 27.6 Å². The molecular weight excluding hydrogens is 340 g/mol. The van der Waals surface area contributed by atoms with Gasteiger partial charge in [-0.25, -0.2) is 9.78 Å². The minimum absolute atomic E-state index is 0.202. The van der Waals surface area contributed by atoms with Gasteiger partial charge in [0.2, 0.25) is 5.88 Å². The van der Waals surface area contributed by atoms with Crippen molar-refractivity contribution in [2.75, 3.05) is 30.8 Å². The minimum Gasteiger partial charge on any atom is -0.474 e. The summed E-state index contributed by atoms with van der Waals surface area (Å²) in [6.07, 6.45) is 3.79. The molecule has 2 N–H and O–H groups in total. The van der Waals surface area contributed by atoms with E-state index >= 15 is 0 Å². The van der Waals surface area contributed by atoms with E-state index in [4.69, 9.17) is 16.3 Å². The lowest BCUT2D eigenvalue weighted by Crippen LogP contribution is -2.35. The number of carbonyl (C=O) groups excluding carboxylic acids is 1. The number of carbonyl (C=O) groups is 1. The summed E-state index contributed by atoms with van der Waals surface area (Å²) in [4.78, 5) is 18.6. The molecule has 0 atom stereocenters. The van der Waals surface area contributed by atoms with Crippen LogP contribution < -0.4 is 15.4 Å². The molecule has 6 nitrogen and oxygen atoms in total. The summed E-state index contributed by atoms with van der Waals surface area (Å²) < 4.78 is 5.89. The highest BCUT2D eigenvalue weighted by molar-refractivity contribution is 6.30. The van der Waals surface area contributed by atoms with Gasteiger partial charge in [-0.3, -0.25) is 0 Å². The van der Waals surface area contributed by atoms with Crippen LogP contribution in [0.15, 0.2) is 42.6 Å². The second-order valence-corrected chi connectivity index (χ2v) is 6.53. The Morgan fingerprint density at radius 3 is 2.64 bits per heavy atom. The lowest BCUT2D eigenvalue weighted by Gasteiger charge is -2.28. The zero-order valence-corrected chi connectivity index (χ0v) is 14.8. The van der Waals surface area contributed by atoms with Crippen molar-refractivity contribution in [3.63, 3.8) is 0 Å². The number of urea groups is 1. The third kappa shape index (κ3) is 5.34. The van der Waals surface area contributed by atoms with Crippen LogP contribution in [-0.4, -0.2) is 42.2 Å². The maximum Gasteiger partial charge on any atom is 0.323 e. The van der Waals surface area contributed by atoms with Crippen LogP contribution in [0.2, 0.25) is 5.02 Å². The van der Waals surface area contributed by atoms with Gasteiger partial charge in [-0.15, -0.1) is 0 Å². The molecule has 132 valence electrons. The van der Waals surface area contributed by atoms with E-state index in [-0.39, 0.29) is 12.1 Å². The summed E-state index contributed by atoms with van der Waals surface area (Å²) in [5, 5.41) is 6.01. The van der Waals surface area contributed by atoms with Crippen LogP contribution in [0, 0.1) is 0 Å². The molecule has 0 radical (unpaired) electrons. The van der Waals surface area contributed by atoms with Gasteiger partial charge in [-0.05, 0) is 44.2 Å². The highest BCUT2D eigenvalue weighted by Crippen LogP contribution is 2.19. The van der Waals surface area contributed by atoms with Crippen molar-refractivity contribution in [2.24, 2.45) is 0 Å². The maximum atomic E-state index is 12.0. The molecule has 2 heterocycles. The number of piperidine rings is 1. The fourth-order valence-corrected chi connectivity index (χ4v) is 2.85. The number of likely N-dealkylation sites (tertiary alicyclic amines) is 1. The highest BCUT2D eigenvalue weighted by Gasteiger charge is 2.18. The summed E-state index contributed by atoms with van der Waals surface area (Å²) in [6.45, 7) is 2.07. The Labute approximate surface area is 152 Å². The fraction of sp³-hybridized carbons (Fsp3) is 0.333. The number of hydrogen-bond acceptors (Lipinski definition) is 4. The summed E-state index contributed by atoms with van der Waals surface area (Å²) in [5.41, 5.74) is 1.22. The topological polar surface area (TPSA) is 66.5 Å². The molecule has 1 aromatic heterocycles. The van der Waals surface area contributed by atoms with Crippen LogP contribution in [0.3, 0.4) is 0 Å². The van der Waals surface area contributed by atoms with Crippen molar-refractivity contribution in [3.8, 4) is 5.88 Å². The van der Waals surface area contributed by atoms with E-state index in [1.807, 2.05) is 0 Å². The Hall–Kier alpha value is -2.31. The van der Waals surface area contributed by atoms with Crippen LogP contribution in [-0.2, 0) is 0 Å². The number of benzene rings is 1. The van der Waals surface area contributed by atoms with E-state index in [0.717, 1.165) is 25.9 Å². The van der Waals surface area contributed by atoms with Gasteiger partial charge in [0.15, 0.2) is 0 Å². The average molecular weight is 361 g/mol. The number of rotatable bonds is 4. The molecule has 1 aliphatic heterocycles. The molecule has 0 bridgehead atoms.